The predicted molar refractivity (Wildman–Crippen MR) is 75.7 cm³/mol. The zero-order valence-corrected chi connectivity index (χ0v) is 11.7. The molecule has 0 amide bonds. The first-order valence-electron chi connectivity index (χ1n) is 6.82. The molecule has 2 N–H and O–H groups in total. The van der Waals surface area contributed by atoms with E-state index in [1.807, 2.05) is 6.07 Å². The van der Waals surface area contributed by atoms with Crippen LogP contribution in [0.15, 0.2) is 6.07 Å². The van der Waals surface area contributed by atoms with Crippen LogP contribution in [0.25, 0.3) is 0 Å². The number of nitrogens with two attached hydrogens (primary N) is 1. The smallest absolute Gasteiger partial charge is 0.227 e. The summed E-state index contributed by atoms with van der Waals surface area (Å²) in [6, 6.07) is 1.90. The Kier molecular flexibility index (Phi) is 3.73. The van der Waals surface area contributed by atoms with E-state index in [9.17, 15) is 0 Å². The van der Waals surface area contributed by atoms with Crippen molar-refractivity contribution in [2.75, 3.05) is 23.7 Å². The summed E-state index contributed by atoms with van der Waals surface area (Å²) >= 11 is 0. The van der Waals surface area contributed by atoms with Crippen molar-refractivity contribution in [3.05, 3.63) is 11.8 Å². The largest absolute Gasteiger partial charge is 0.384 e. The van der Waals surface area contributed by atoms with Crippen molar-refractivity contribution in [3.63, 3.8) is 0 Å². The average molecular weight is 248 g/mol. The van der Waals surface area contributed by atoms with Crippen molar-refractivity contribution in [2.45, 2.75) is 46.5 Å². The zero-order chi connectivity index (χ0) is 13.2. The fourth-order valence-electron chi connectivity index (χ4n) is 2.37. The third-order valence-corrected chi connectivity index (χ3v) is 3.14. The van der Waals surface area contributed by atoms with Gasteiger partial charge in [-0.05, 0) is 31.1 Å². The van der Waals surface area contributed by atoms with Crippen molar-refractivity contribution >= 4 is 11.8 Å². The first-order valence-corrected chi connectivity index (χ1v) is 6.82. The lowest BCUT2D eigenvalue weighted by Crippen LogP contribution is -2.31. The van der Waals surface area contributed by atoms with Crippen LogP contribution in [0.1, 0.15) is 45.7 Å². The molecule has 1 saturated heterocycles. The molecule has 2 heterocycles. The van der Waals surface area contributed by atoms with Gasteiger partial charge in [0.15, 0.2) is 0 Å². The van der Waals surface area contributed by atoms with Crippen LogP contribution < -0.4 is 10.6 Å². The average Bonchev–Trinajstić information content (AvgIpc) is 2.27. The van der Waals surface area contributed by atoms with Crippen molar-refractivity contribution in [2.24, 2.45) is 5.41 Å². The van der Waals surface area contributed by atoms with Gasteiger partial charge in [-0.15, -0.1) is 0 Å². The highest BCUT2D eigenvalue weighted by atomic mass is 15.3. The van der Waals surface area contributed by atoms with E-state index < -0.39 is 0 Å². The molecule has 0 saturated carbocycles. The summed E-state index contributed by atoms with van der Waals surface area (Å²) in [7, 11) is 0. The summed E-state index contributed by atoms with van der Waals surface area (Å²) in [5.41, 5.74) is 7.18. The van der Waals surface area contributed by atoms with Gasteiger partial charge in [0.25, 0.3) is 0 Å². The molecule has 100 valence electrons. The first kappa shape index (κ1) is 13.1. The van der Waals surface area contributed by atoms with Crippen LogP contribution in [-0.2, 0) is 6.42 Å². The molecule has 1 aromatic heterocycles. The van der Waals surface area contributed by atoms with Crippen molar-refractivity contribution in [1.82, 2.24) is 9.97 Å². The Bertz CT molecular complexity index is 403. The molecule has 0 bridgehead atoms. The molecule has 18 heavy (non-hydrogen) atoms. The van der Waals surface area contributed by atoms with Crippen molar-refractivity contribution < 1.29 is 0 Å². The lowest BCUT2D eigenvalue weighted by Gasteiger charge is -2.27. The summed E-state index contributed by atoms with van der Waals surface area (Å²) < 4.78 is 0. The molecule has 4 nitrogen and oxygen atoms in total. The van der Waals surface area contributed by atoms with Crippen LogP contribution >= 0.6 is 0 Å². The number of nitrogens with zero attached hydrogens (tertiary/aromatic N) is 3. The van der Waals surface area contributed by atoms with Gasteiger partial charge in [0, 0.05) is 24.8 Å². The summed E-state index contributed by atoms with van der Waals surface area (Å²) in [4.78, 5) is 11.3. The Morgan fingerprint density at radius 2 is 1.83 bits per heavy atom. The Morgan fingerprint density at radius 1 is 1.17 bits per heavy atom. The molecule has 0 atom stereocenters. The van der Waals surface area contributed by atoms with Gasteiger partial charge in [-0.25, -0.2) is 4.98 Å². The fourth-order valence-corrected chi connectivity index (χ4v) is 2.37. The Labute approximate surface area is 110 Å². The van der Waals surface area contributed by atoms with Gasteiger partial charge < -0.3 is 10.6 Å². The second kappa shape index (κ2) is 5.12. The Hall–Kier alpha value is -1.32. The SMILES string of the molecule is CC(C)(C)Cc1cc(N)nc(N2CCCCC2)n1. The monoisotopic (exact) mass is 248 g/mol. The minimum atomic E-state index is 0.222. The van der Waals surface area contributed by atoms with Crippen LogP contribution in [0.4, 0.5) is 11.8 Å². The second-order valence-corrected chi connectivity index (χ2v) is 6.37. The van der Waals surface area contributed by atoms with E-state index in [4.69, 9.17) is 5.73 Å². The number of anilines is 2. The molecule has 0 spiro atoms. The van der Waals surface area contributed by atoms with E-state index in [1.54, 1.807) is 0 Å². The van der Waals surface area contributed by atoms with Crippen LogP contribution in [0.5, 0.6) is 0 Å². The minimum absolute atomic E-state index is 0.222. The normalized spacial score (nSPS) is 16.9. The van der Waals surface area contributed by atoms with E-state index in [-0.39, 0.29) is 5.41 Å². The van der Waals surface area contributed by atoms with Gasteiger partial charge in [-0.1, -0.05) is 20.8 Å². The molecule has 1 aliphatic heterocycles. The maximum absolute atomic E-state index is 5.91. The van der Waals surface area contributed by atoms with Crippen LogP contribution in [0, 0.1) is 5.41 Å². The number of hydrogen-bond donors (Lipinski definition) is 1. The highest BCUT2D eigenvalue weighted by Crippen LogP contribution is 2.23. The molecule has 0 aliphatic carbocycles. The van der Waals surface area contributed by atoms with Gasteiger partial charge >= 0.3 is 0 Å². The number of rotatable bonds is 2. The van der Waals surface area contributed by atoms with Crippen LogP contribution in [0.3, 0.4) is 0 Å². The number of hydrogen-bond acceptors (Lipinski definition) is 4. The quantitative estimate of drug-likeness (QED) is 0.874. The third kappa shape index (κ3) is 3.59. The summed E-state index contributed by atoms with van der Waals surface area (Å²) in [5, 5.41) is 0. The van der Waals surface area contributed by atoms with E-state index >= 15 is 0 Å². The molecule has 1 aromatic rings. The fraction of sp³-hybridized carbons (Fsp3) is 0.714. The second-order valence-electron chi connectivity index (χ2n) is 6.37. The van der Waals surface area contributed by atoms with E-state index in [1.165, 1.54) is 19.3 Å². The summed E-state index contributed by atoms with van der Waals surface area (Å²) in [6.45, 7) is 8.75. The Morgan fingerprint density at radius 3 is 2.44 bits per heavy atom. The molecule has 1 fully saturated rings. The van der Waals surface area contributed by atoms with Crippen molar-refractivity contribution in [1.29, 1.82) is 0 Å². The molecule has 0 aromatic carbocycles. The number of piperidine rings is 1. The molecular formula is C14H24N4. The van der Waals surface area contributed by atoms with Gasteiger partial charge in [0.2, 0.25) is 5.95 Å². The van der Waals surface area contributed by atoms with Gasteiger partial charge in [0.1, 0.15) is 5.82 Å². The van der Waals surface area contributed by atoms with Gasteiger partial charge in [0.05, 0.1) is 0 Å². The Balaban J connectivity index is 2.20. The molecule has 0 radical (unpaired) electrons. The minimum Gasteiger partial charge on any atom is -0.384 e. The lowest BCUT2D eigenvalue weighted by atomic mass is 9.90. The maximum atomic E-state index is 5.91. The summed E-state index contributed by atoms with van der Waals surface area (Å²) in [6.07, 6.45) is 4.70. The zero-order valence-electron chi connectivity index (χ0n) is 11.7. The third-order valence-electron chi connectivity index (χ3n) is 3.14. The molecule has 0 unspecified atom stereocenters. The van der Waals surface area contributed by atoms with Crippen LogP contribution in [0.2, 0.25) is 0 Å². The van der Waals surface area contributed by atoms with E-state index in [0.717, 1.165) is 31.2 Å². The van der Waals surface area contributed by atoms with Crippen molar-refractivity contribution in [3.8, 4) is 0 Å². The first-order chi connectivity index (χ1) is 8.44. The molecule has 2 rings (SSSR count). The lowest BCUT2D eigenvalue weighted by molar-refractivity contribution is 0.406. The van der Waals surface area contributed by atoms with E-state index in [0.29, 0.717) is 5.82 Å². The topological polar surface area (TPSA) is 55.0 Å². The molecule has 1 aliphatic rings. The highest BCUT2D eigenvalue weighted by Gasteiger charge is 2.17. The molecule has 4 heteroatoms. The van der Waals surface area contributed by atoms with Gasteiger partial charge in [-0.3, -0.25) is 0 Å². The number of nitrogen functional groups attached to an aromatic ring is 1. The van der Waals surface area contributed by atoms with Crippen LogP contribution in [-0.4, -0.2) is 23.1 Å². The predicted octanol–water partition coefficient (Wildman–Crippen LogP) is 2.64. The summed E-state index contributed by atoms with van der Waals surface area (Å²) in [5.74, 6) is 1.40. The van der Waals surface area contributed by atoms with Gasteiger partial charge in [-0.2, -0.15) is 4.98 Å². The number of aromatic nitrogens is 2. The highest BCUT2D eigenvalue weighted by molar-refractivity contribution is 5.41. The molecular weight excluding hydrogens is 224 g/mol. The standard InChI is InChI=1S/C14H24N4/c1-14(2,3)10-11-9-12(15)17-13(16-11)18-7-5-4-6-8-18/h9H,4-8,10H2,1-3H3,(H2,15,16,17). The van der Waals surface area contributed by atoms with E-state index in [2.05, 4.69) is 35.6 Å². The maximum Gasteiger partial charge on any atom is 0.227 e.